The molecule has 0 aliphatic heterocycles. The van der Waals surface area contributed by atoms with Gasteiger partial charge in [0.15, 0.2) is 11.5 Å². The first kappa shape index (κ1) is 23.2. The summed E-state index contributed by atoms with van der Waals surface area (Å²) in [5.41, 5.74) is 0.664. The molecule has 0 radical (unpaired) electrons. The van der Waals surface area contributed by atoms with Gasteiger partial charge < -0.3 is 19.7 Å². The third-order valence-corrected chi connectivity index (χ3v) is 4.43. The van der Waals surface area contributed by atoms with Crippen LogP contribution in [0.3, 0.4) is 0 Å². The van der Waals surface area contributed by atoms with E-state index in [4.69, 9.17) is 20.0 Å². The SMILES string of the molecule is COc1ccc(CCNc2ncnc(N(CCC#N)CCC#N)c2[N+](=O)[O-])cc1OC. The van der Waals surface area contributed by atoms with Crippen molar-refractivity contribution >= 4 is 17.3 Å². The van der Waals surface area contributed by atoms with Gasteiger partial charge in [0.25, 0.3) is 0 Å². The number of nitrogens with zero attached hydrogens (tertiary/aromatic N) is 6. The largest absolute Gasteiger partial charge is 0.493 e. The number of benzene rings is 1. The average Bonchev–Trinajstić information content (AvgIpc) is 2.78. The molecule has 0 bridgehead atoms. The van der Waals surface area contributed by atoms with Crippen LogP contribution in [0.4, 0.5) is 17.3 Å². The molecule has 162 valence electrons. The number of nitrogens with one attached hydrogen (secondary N) is 1. The second-order valence-electron chi connectivity index (χ2n) is 6.32. The quantitative estimate of drug-likeness (QED) is 0.397. The summed E-state index contributed by atoms with van der Waals surface area (Å²) in [6.07, 6.45) is 2.08. The second kappa shape index (κ2) is 11.8. The van der Waals surface area contributed by atoms with E-state index in [9.17, 15) is 10.1 Å². The minimum atomic E-state index is -0.556. The lowest BCUT2D eigenvalue weighted by atomic mass is 10.1. The molecule has 11 nitrogen and oxygen atoms in total. The average molecular weight is 425 g/mol. The first-order valence-corrected chi connectivity index (χ1v) is 9.48. The van der Waals surface area contributed by atoms with Gasteiger partial charge in [-0.2, -0.15) is 10.5 Å². The van der Waals surface area contributed by atoms with Crippen molar-refractivity contribution in [3.8, 4) is 23.6 Å². The predicted octanol–water partition coefficient (Wildman–Crippen LogP) is 2.69. The number of anilines is 2. The summed E-state index contributed by atoms with van der Waals surface area (Å²) in [7, 11) is 3.11. The number of hydrogen-bond acceptors (Lipinski definition) is 10. The lowest BCUT2D eigenvalue weighted by Crippen LogP contribution is -2.27. The van der Waals surface area contributed by atoms with Crippen LogP contribution < -0.4 is 19.7 Å². The number of nitro groups is 1. The van der Waals surface area contributed by atoms with E-state index in [2.05, 4.69) is 15.3 Å². The summed E-state index contributed by atoms with van der Waals surface area (Å²) < 4.78 is 10.5. The minimum absolute atomic E-state index is 0.0781. The Morgan fingerprint density at radius 2 is 1.81 bits per heavy atom. The standard InChI is InChI=1S/C20H23N7O4/c1-30-16-6-5-15(13-17(16)31-2)7-10-23-19-18(27(28)29)20(25-14-24-19)26(11-3-8-21)12-4-9-22/h5-6,13-14H,3-4,7,10-12H2,1-2H3,(H,23,24,25). The summed E-state index contributed by atoms with van der Waals surface area (Å²) in [4.78, 5) is 20.9. The minimum Gasteiger partial charge on any atom is -0.493 e. The highest BCUT2D eigenvalue weighted by Crippen LogP contribution is 2.32. The summed E-state index contributed by atoms with van der Waals surface area (Å²) in [6, 6.07) is 9.53. The van der Waals surface area contributed by atoms with Crippen molar-refractivity contribution in [2.24, 2.45) is 0 Å². The van der Waals surface area contributed by atoms with E-state index in [1.54, 1.807) is 25.2 Å². The molecule has 1 aromatic heterocycles. The van der Waals surface area contributed by atoms with Crippen LogP contribution >= 0.6 is 0 Å². The fraction of sp³-hybridized carbons (Fsp3) is 0.400. The highest BCUT2D eigenvalue weighted by molar-refractivity contribution is 5.70. The van der Waals surface area contributed by atoms with Gasteiger partial charge >= 0.3 is 5.69 Å². The van der Waals surface area contributed by atoms with Crippen molar-refractivity contribution in [2.45, 2.75) is 19.3 Å². The number of hydrogen-bond donors (Lipinski definition) is 1. The Balaban J connectivity index is 2.21. The molecule has 0 unspecified atom stereocenters. The van der Waals surface area contributed by atoms with Gasteiger partial charge in [-0.25, -0.2) is 9.97 Å². The van der Waals surface area contributed by atoms with Crippen molar-refractivity contribution in [1.82, 2.24) is 9.97 Å². The molecule has 0 saturated heterocycles. The van der Waals surface area contributed by atoms with Gasteiger partial charge in [0.2, 0.25) is 11.6 Å². The van der Waals surface area contributed by atoms with Gasteiger partial charge in [0, 0.05) is 19.6 Å². The van der Waals surface area contributed by atoms with E-state index in [0.717, 1.165) is 5.56 Å². The number of nitriles is 2. The van der Waals surface area contributed by atoms with Crippen LogP contribution in [-0.4, -0.2) is 48.7 Å². The van der Waals surface area contributed by atoms with E-state index in [-0.39, 0.29) is 43.3 Å². The molecule has 1 heterocycles. The van der Waals surface area contributed by atoms with Crippen LogP contribution in [0.5, 0.6) is 11.5 Å². The number of aromatic nitrogens is 2. The zero-order valence-electron chi connectivity index (χ0n) is 17.4. The molecule has 1 aromatic carbocycles. The Morgan fingerprint density at radius 3 is 2.39 bits per heavy atom. The molecule has 2 aromatic rings. The third-order valence-electron chi connectivity index (χ3n) is 4.43. The lowest BCUT2D eigenvalue weighted by molar-refractivity contribution is -0.383. The van der Waals surface area contributed by atoms with E-state index in [1.807, 2.05) is 24.3 Å². The first-order chi connectivity index (χ1) is 15.0. The van der Waals surface area contributed by atoms with Gasteiger partial charge in [-0.05, 0) is 24.1 Å². The second-order valence-corrected chi connectivity index (χ2v) is 6.32. The first-order valence-electron chi connectivity index (χ1n) is 9.48. The Morgan fingerprint density at radius 1 is 1.13 bits per heavy atom. The zero-order valence-corrected chi connectivity index (χ0v) is 17.4. The van der Waals surface area contributed by atoms with Crippen LogP contribution in [-0.2, 0) is 6.42 Å². The van der Waals surface area contributed by atoms with E-state index < -0.39 is 4.92 Å². The Bertz CT molecular complexity index is 966. The molecule has 1 N–H and O–H groups in total. The highest BCUT2D eigenvalue weighted by atomic mass is 16.6. The molecule has 0 spiro atoms. The molecule has 0 aliphatic rings. The maximum Gasteiger partial charge on any atom is 0.353 e. The van der Waals surface area contributed by atoms with Crippen LogP contribution in [0.2, 0.25) is 0 Å². The smallest absolute Gasteiger partial charge is 0.353 e. The van der Waals surface area contributed by atoms with Gasteiger partial charge in [0.1, 0.15) is 6.33 Å². The van der Waals surface area contributed by atoms with E-state index in [1.165, 1.54) is 6.33 Å². The molecule has 0 amide bonds. The van der Waals surface area contributed by atoms with Gasteiger partial charge in [-0.1, -0.05) is 6.07 Å². The monoisotopic (exact) mass is 425 g/mol. The Kier molecular flexibility index (Phi) is 8.80. The predicted molar refractivity (Wildman–Crippen MR) is 113 cm³/mol. The molecule has 0 aliphatic carbocycles. The topological polar surface area (TPSA) is 150 Å². The number of ether oxygens (including phenoxy) is 2. The molecule has 11 heteroatoms. The summed E-state index contributed by atoms with van der Waals surface area (Å²) in [5, 5.41) is 32.5. The molecule has 0 saturated carbocycles. The van der Waals surface area contributed by atoms with Crippen LogP contribution in [0.1, 0.15) is 18.4 Å². The highest BCUT2D eigenvalue weighted by Gasteiger charge is 2.26. The third kappa shape index (κ3) is 6.18. The van der Waals surface area contributed by atoms with E-state index >= 15 is 0 Å². The lowest BCUT2D eigenvalue weighted by Gasteiger charge is -2.21. The van der Waals surface area contributed by atoms with Gasteiger partial charge in [-0.15, -0.1) is 0 Å². The van der Waals surface area contributed by atoms with Crippen LogP contribution in [0, 0.1) is 32.8 Å². The van der Waals surface area contributed by atoms with Crippen molar-refractivity contribution in [3.63, 3.8) is 0 Å². The fourth-order valence-electron chi connectivity index (χ4n) is 2.95. The maximum atomic E-state index is 11.8. The van der Waals surface area contributed by atoms with Crippen molar-refractivity contribution < 1.29 is 14.4 Å². The van der Waals surface area contributed by atoms with Gasteiger partial charge in [-0.3, -0.25) is 10.1 Å². The number of rotatable bonds is 12. The zero-order chi connectivity index (χ0) is 22.6. The van der Waals surface area contributed by atoms with Crippen molar-refractivity contribution in [1.29, 1.82) is 10.5 Å². The summed E-state index contributed by atoms with van der Waals surface area (Å²) in [6.45, 7) is 0.825. The van der Waals surface area contributed by atoms with E-state index in [0.29, 0.717) is 24.5 Å². The van der Waals surface area contributed by atoms with Gasteiger partial charge in [0.05, 0.1) is 44.1 Å². The number of methoxy groups -OCH3 is 2. The van der Waals surface area contributed by atoms with Crippen LogP contribution in [0.25, 0.3) is 0 Å². The normalized spacial score (nSPS) is 9.94. The molecule has 2 rings (SSSR count). The molecule has 31 heavy (non-hydrogen) atoms. The summed E-state index contributed by atoms with van der Waals surface area (Å²) >= 11 is 0. The molecule has 0 atom stereocenters. The van der Waals surface area contributed by atoms with Crippen molar-refractivity contribution in [2.75, 3.05) is 44.1 Å². The molecular formula is C20H23N7O4. The Labute approximate surface area is 180 Å². The molecular weight excluding hydrogens is 402 g/mol. The maximum absolute atomic E-state index is 11.8. The summed E-state index contributed by atoms with van der Waals surface area (Å²) in [5.74, 6) is 1.37. The Hall–Kier alpha value is -4.12. The molecule has 0 fully saturated rings. The van der Waals surface area contributed by atoms with Crippen molar-refractivity contribution in [3.05, 3.63) is 40.2 Å². The fourth-order valence-corrected chi connectivity index (χ4v) is 2.95. The van der Waals surface area contributed by atoms with Crippen LogP contribution in [0.15, 0.2) is 24.5 Å².